The van der Waals surface area contributed by atoms with Crippen molar-refractivity contribution >= 4 is 17.7 Å². The number of aromatic nitrogens is 3. The Balaban J connectivity index is 1.83. The van der Waals surface area contributed by atoms with Gasteiger partial charge in [0.2, 0.25) is 5.95 Å². The molecule has 1 atom stereocenters. The molecule has 1 fully saturated rings. The highest BCUT2D eigenvalue weighted by Crippen LogP contribution is 2.29. The fourth-order valence-corrected chi connectivity index (χ4v) is 3.39. The van der Waals surface area contributed by atoms with Gasteiger partial charge < -0.3 is 10.6 Å². The number of piperidine rings is 1. The number of benzene rings is 1. The Morgan fingerprint density at radius 1 is 1.43 bits per heavy atom. The Morgan fingerprint density at radius 2 is 2.29 bits per heavy atom. The first-order chi connectivity index (χ1) is 10.3. The van der Waals surface area contributed by atoms with E-state index in [0.717, 1.165) is 43.4 Å². The molecule has 0 spiro atoms. The van der Waals surface area contributed by atoms with E-state index in [1.807, 2.05) is 12.1 Å². The van der Waals surface area contributed by atoms with Crippen LogP contribution in [0.1, 0.15) is 12.8 Å². The van der Waals surface area contributed by atoms with Gasteiger partial charge in [-0.05, 0) is 37.6 Å². The molecule has 3 N–H and O–H groups in total. The summed E-state index contributed by atoms with van der Waals surface area (Å²) in [5, 5.41) is 7.48. The van der Waals surface area contributed by atoms with Crippen LogP contribution >= 0.6 is 11.8 Å². The number of nitrogens with one attached hydrogen (secondary N) is 1. The molecule has 1 aromatic carbocycles. The van der Waals surface area contributed by atoms with Crippen molar-refractivity contribution in [3.05, 3.63) is 24.3 Å². The Kier molecular flexibility index (Phi) is 4.45. The first kappa shape index (κ1) is 14.4. The number of hydrogen-bond donors (Lipinski definition) is 2. The average Bonchev–Trinajstić information content (AvgIpc) is 3.04. The molecule has 6 heteroatoms. The van der Waals surface area contributed by atoms with Gasteiger partial charge >= 0.3 is 0 Å². The summed E-state index contributed by atoms with van der Waals surface area (Å²) in [6.45, 7) is 2.71. The minimum Gasteiger partial charge on any atom is -0.339 e. The van der Waals surface area contributed by atoms with Crippen molar-refractivity contribution in [1.82, 2.24) is 15.2 Å². The number of rotatable bonds is 4. The van der Waals surface area contributed by atoms with Gasteiger partial charge in [0.25, 0.3) is 0 Å². The lowest BCUT2D eigenvalue weighted by Gasteiger charge is -2.31. The second kappa shape index (κ2) is 6.49. The maximum absolute atomic E-state index is 5.80. The maximum Gasteiger partial charge on any atom is 0.245 e. The first-order valence-electron chi connectivity index (χ1n) is 7.32. The van der Waals surface area contributed by atoms with Gasteiger partial charge in [-0.3, -0.25) is 5.10 Å². The van der Waals surface area contributed by atoms with Crippen molar-refractivity contribution in [3.63, 3.8) is 0 Å². The van der Waals surface area contributed by atoms with Crippen LogP contribution in [-0.4, -0.2) is 41.1 Å². The Labute approximate surface area is 129 Å². The van der Waals surface area contributed by atoms with Gasteiger partial charge in [0.1, 0.15) is 0 Å². The molecule has 0 amide bonds. The summed E-state index contributed by atoms with van der Waals surface area (Å²) >= 11 is 1.72. The van der Waals surface area contributed by atoms with Gasteiger partial charge in [-0.2, -0.15) is 4.98 Å². The molecule has 1 unspecified atom stereocenters. The predicted molar refractivity (Wildman–Crippen MR) is 87.6 cm³/mol. The molecule has 21 heavy (non-hydrogen) atoms. The number of nitrogens with zero attached hydrogens (tertiary/aromatic N) is 3. The summed E-state index contributed by atoms with van der Waals surface area (Å²) in [6.07, 6.45) is 4.44. The van der Waals surface area contributed by atoms with E-state index in [4.69, 9.17) is 5.73 Å². The lowest BCUT2D eigenvalue weighted by atomic mass is 9.99. The Morgan fingerprint density at radius 3 is 3.10 bits per heavy atom. The minimum atomic E-state index is 0.555. The molecular weight excluding hydrogens is 282 g/mol. The second-order valence-corrected chi connectivity index (χ2v) is 6.22. The van der Waals surface area contributed by atoms with E-state index in [9.17, 15) is 0 Å². The molecule has 0 aliphatic carbocycles. The van der Waals surface area contributed by atoms with Crippen molar-refractivity contribution in [2.24, 2.45) is 11.7 Å². The zero-order chi connectivity index (χ0) is 14.7. The second-order valence-electron chi connectivity index (χ2n) is 5.37. The van der Waals surface area contributed by atoms with Gasteiger partial charge in [-0.25, -0.2) is 0 Å². The maximum atomic E-state index is 5.80. The third-order valence-electron chi connectivity index (χ3n) is 3.97. The number of anilines is 1. The van der Waals surface area contributed by atoms with Gasteiger partial charge in [-0.1, -0.05) is 18.2 Å². The highest BCUT2D eigenvalue weighted by molar-refractivity contribution is 7.98. The molecule has 0 saturated carbocycles. The van der Waals surface area contributed by atoms with Crippen molar-refractivity contribution in [2.75, 3.05) is 30.8 Å². The van der Waals surface area contributed by atoms with Gasteiger partial charge in [0.15, 0.2) is 5.82 Å². The third-order valence-corrected chi connectivity index (χ3v) is 4.77. The van der Waals surface area contributed by atoms with Crippen LogP contribution in [0.5, 0.6) is 0 Å². The van der Waals surface area contributed by atoms with Gasteiger partial charge in [0, 0.05) is 23.5 Å². The number of H-pyrrole nitrogens is 1. The van der Waals surface area contributed by atoms with E-state index in [1.165, 1.54) is 11.3 Å². The summed E-state index contributed by atoms with van der Waals surface area (Å²) < 4.78 is 0. The third kappa shape index (κ3) is 3.06. The van der Waals surface area contributed by atoms with Crippen LogP contribution in [0.4, 0.5) is 5.95 Å². The standard InChI is InChI=1S/C15H21N5S/c1-21-13-7-3-2-6-12(13)14-17-15(19-18-14)20-8-4-5-11(9-16)10-20/h2-3,6-7,11H,4-5,8-10,16H2,1H3,(H,17,18,19). The summed E-state index contributed by atoms with van der Waals surface area (Å²) in [4.78, 5) is 8.13. The van der Waals surface area contributed by atoms with Crippen LogP contribution in [0.15, 0.2) is 29.2 Å². The predicted octanol–water partition coefficient (Wildman–Crippen LogP) is 2.37. The molecule has 112 valence electrons. The highest BCUT2D eigenvalue weighted by Gasteiger charge is 2.22. The zero-order valence-electron chi connectivity index (χ0n) is 12.2. The molecule has 3 rings (SSSR count). The largest absolute Gasteiger partial charge is 0.339 e. The van der Waals surface area contributed by atoms with Crippen LogP contribution in [0, 0.1) is 5.92 Å². The molecule has 0 bridgehead atoms. The average molecular weight is 303 g/mol. The fraction of sp³-hybridized carbons (Fsp3) is 0.467. The summed E-state index contributed by atoms with van der Waals surface area (Å²) in [5.74, 6) is 2.18. The molecule has 1 saturated heterocycles. The molecule has 1 aromatic heterocycles. The fourth-order valence-electron chi connectivity index (χ4n) is 2.79. The molecule has 2 aromatic rings. The van der Waals surface area contributed by atoms with Crippen molar-refractivity contribution < 1.29 is 0 Å². The molecule has 2 heterocycles. The number of nitrogens with two attached hydrogens (primary N) is 1. The van der Waals surface area contributed by atoms with Crippen LogP contribution in [0.2, 0.25) is 0 Å². The van der Waals surface area contributed by atoms with Crippen molar-refractivity contribution in [3.8, 4) is 11.4 Å². The molecular formula is C15H21N5S. The van der Waals surface area contributed by atoms with E-state index >= 15 is 0 Å². The normalized spacial score (nSPS) is 19.0. The molecule has 5 nitrogen and oxygen atoms in total. The lowest BCUT2D eigenvalue weighted by molar-refractivity contribution is 0.420. The minimum absolute atomic E-state index is 0.555. The van der Waals surface area contributed by atoms with Crippen molar-refractivity contribution in [2.45, 2.75) is 17.7 Å². The monoisotopic (exact) mass is 303 g/mol. The van der Waals surface area contributed by atoms with E-state index in [1.54, 1.807) is 11.8 Å². The van der Waals surface area contributed by atoms with E-state index < -0.39 is 0 Å². The summed E-state index contributed by atoms with van der Waals surface area (Å²) in [5.41, 5.74) is 6.91. The summed E-state index contributed by atoms with van der Waals surface area (Å²) in [6, 6.07) is 8.26. The van der Waals surface area contributed by atoms with Gasteiger partial charge in [-0.15, -0.1) is 16.9 Å². The number of thioether (sulfide) groups is 1. The lowest BCUT2D eigenvalue weighted by Crippen LogP contribution is -2.38. The smallest absolute Gasteiger partial charge is 0.245 e. The molecule has 1 aliphatic heterocycles. The van der Waals surface area contributed by atoms with E-state index in [0.29, 0.717) is 5.92 Å². The van der Waals surface area contributed by atoms with Crippen LogP contribution < -0.4 is 10.6 Å². The van der Waals surface area contributed by atoms with Crippen LogP contribution in [-0.2, 0) is 0 Å². The SMILES string of the molecule is CSc1ccccc1-c1nc(N2CCCC(CN)C2)n[nH]1. The first-order valence-corrected chi connectivity index (χ1v) is 8.55. The number of hydrogen-bond acceptors (Lipinski definition) is 5. The van der Waals surface area contributed by atoms with E-state index in [-0.39, 0.29) is 0 Å². The van der Waals surface area contributed by atoms with E-state index in [2.05, 4.69) is 38.5 Å². The van der Waals surface area contributed by atoms with Crippen molar-refractivity contribution in [1.29, 1.82) is 0 Å². The van der Waals surface area contributed by atoms with Crippen LogP contribution in [0.25, 0.3) is 11.4 Å². The quantitative estimate of drug-likeness (QED) is 0.849. The Hall–Kier alpha value is -1.53. The van der Waals surface area contributed by atoms with Gasteiger partial charge in [0.05, 0.1) is 0 Å². The summed E-state index contributed by atoms with van der Waals surface area (Å²) in [7, 11) is 0. The molecule has 1 aliphatic rings. The Bertz CT molecular complexity index is 597. The number of aromatic amines is 1. The van der Waals surface area contributed by atoms with Crippen LogP contribution in [0.3, 0.4) is 0 Å². The highest BCUT2D eigenvalue weighted by atomic mass is 32.2. The molecule has 0 radical (unpaired) electrons. The zero-order valence-corrected chi connectivity index (χ0v) is 13.1. The topological polar surface area (TPSA) is 70.8 Å².